The van der Waals surface area contributed by atoms with Crippen LogP contribution in [0.2, 0.25) is 0 Å². The van der Waals surface area contributed by atoms with Gasteiger partial charge in [-0.15, -0.1) is 13.2 Å². The molecule has 186 valence electrons. The molecule has 1 aromatic rings. The normalized spacial score (nSPS) is 20.8. The quantitative estimate of drug-likeness (QED) is 0.603. The number of likely N-dealkylation sites (tertiary alicyclic amines) is 1. The molecule has 3 amide bonds. The highest BCUT2D eigenvalue weighted by atomic mass is 19.4. The van der Waals surface area contributed by atoms with Crippen LogP contribution < -0.4 is 10.1 Å². The van der Waals surface area contributed by atoms with Crippen molar-refractivity contribution in [3.63, 3.8) is 0 Å². The summed E-state index contributed by atoms with van der Waals surface area (Å²) in [7, 11) is 2.86. The van der Waals surface area contributed by atoms with Crippen molar-refractivity contribution in [1.29, 1.82) is 0 Å². The third-order valence-electron chi connectivity index (χ3n) is 5.61. The molecule has 33 heavy (non-hydrogen) atoms. The van der Waals surface area contributed by atoms with Crippen molar-refractivity contribution in [2.75, 3.05) is 33.9 Å². The van der Waals surface area contributed by atoms with Gasteiger partial charge in [-0.1, -0.05) is 6.07 Å². The summed E-state index contributed by atoms with van der Waals surface area (Å²) in [6.07, 6.45) is -3.15. The first kappa shape index (κ1) is 24.9. The zero-order chi connectivity index (χ0) is 24.2. The second-order valence-electron chi connectivity index (χ2n) is 8.18. The molecule has 0 bridgehead atoms. The molecule has 0 unspecified atom stereocenters. The van der Waals surface area contributed by atoms with E-state index in [9.17, 15) is 27.2 Å². The Kier molecular flexibility index (Phi) is 7.88. The maximum absolute atomic E-state index is 14.2. The van der Waals surface area contributed by atoms with E-state index in [1.54, 1.807) is 16.9 Å². The van der Waals surface area contributed by atoms with Crippen molar-refractivity contribution in [2.24, 2.45) is 5.92 Å². The lowest BCUT2D eigenvalue weighted by Crippen LogP contribution is -2.57. The molecular formula is C21H29F4N3O5. The van der Waals surface area contributed by atoms with Crippen LogP contribution in [0.4, 0.5) is 27.2 Å². The minimum absolute atomic E-state index is 0. The highest BCUT2D eigenvalue weighted by Crippen LogP contribution is 2.33. The number of rotatable bonds is 7. The second-order valence-corrected chi connectivity index (χ2v) is 8.18. The maximum Gasteiger partial charge on any atom is 0.573 e. The molecule has 2 fully saturated rings. The first-order chi connectivity index (χ1) is 15.6. The van der Waals surface area contributed by atoms with Gasteiger partial charge in [0.25, 0.3) is 0 Å². The smallest absolute Gasteiger partial charge is 0.453 e. The van der Waals surface area contributed by atoms with Gasteiger partial charge in [-0.3, -0.25) is 0 Å². The van der Waals surface area contributed by atoms with Crippen LogP contribution in [0, 0.1) is 11.7 Å². The number of hydrogen-bond donors (Lipinski definition) is 1. The van der Waals surface area contributed by atoms with E-state index in [1.807, 2.05) is 0 Å². The van der Waals surface area contributed by atoms with Gasteiger partial charge in [0, 0.05) is 51.8 Å². The summed E-state index contributed by atoms with van der Waals surface area (Å²) in [6, 6.07) is 2.04. The van der Waals surface area contributed by atoms with Crippen LogP contribution in [-0.2, 0) is 16.0 Å². The molecule has 1 aliphatic carbocycles. The van der Waals surface area contributed by atoms with E-state index < -0.39 is 30.1 Å². The van der Waals surface area contributed by atoms with Crippen molar-refractivity contribution < 1.29 is 42.8 Å². The summed E-state index contributed by atoms with van der Waals surface area (Å²) in [5.41, 5.74) is 0.0192. The van der Waals surface area contributed by atoms with Crippen LogP contribution in [-0.4, -0.2) is 74.3 Å². The monoisotopic (exact) mass is 479 g/mol. The van der Waals surface area contributed by atoms with Gasteiger partial charge in [-0.2, -0.15) is 0 Å². The molecule has 3 rings (SSSR count). The number of urea groups is 1. The molecule has 1 N–H and O–H groups in total. The Morgan fingerprint density at radius 1 is 1.21 bits per heavy atom. The third kappa shape index (κ3) is 6.86. The van der Waals surface area contributed by atoms with Gasteiger partial charge in [-0.25, -0.2) is 14.0 Å². The summed E-state index contributed by atoms with van der Waals surface area (Å²) < 4.78 is 64.9. The molecule has 8 nitrogen and oxygen atoms in total. The van der Waals surface area contributed by atoms with Crippen molar-refractivity contribution in [3.8, 4) is 5.75 Å². The van der Waals surface area contributed by atoms with Gasteiger partial charge in [0.05, 0.1) is 19.8 Å². The Labute approximate surface area is 190 Å². The summed E-state index contributed by atoms with van der Waals surface area (Å²) in [5, 5.41) is 2.65. The number of ether oxygens (including phenoxy) is 3. The molecule has 2 aliphatic rings. The summed E-state index contributed by atoms with van der Waals surface area (Å²) in [4.78, 5) is 28.4. The Morgan fingerprint density at radius 3 is 2.52 bits per heavy atom. The minimum atomic E-state index is -4.92. The number of hydrogen-bond acceptors (Lipinski definition) is 5. The molecule has 1 aromatic carbocycles. The lowest BCUT2D eigenvalue weighted by atomic mass is 9.94. The molecule has 0 spiro atoms. The van der Waals surface area contributed by atoms with Crippen LogP contribution in [0.15, 0.2) is 18.2 Å². The zero-order valence-electron chi connectivity index (χ0n) is 18.4. The van der Waals surface area contributed by atoms with Crippen LogP contribution in [0.1, 0.15) is 26.3 Å². The van der Waals surface area contributed by atoms with Gasteiger partial charge >= 0.3 is 18.5 Å². The van der Waals surface area contributed by atoms with Crippen LogP contribution >= 0.6 is 0 Å². The molecule has 1 heterocycles. The van der Waals surface area contributed by atoms with E-state index in [2.05, 4.69) is 10.1 Å². The topological polar surface area (TPSA) is 80.3 Å². The van der Waals surface area contributed by atoms with E-state index in [4.69, 9.17) is 9.47 Å². The molecular weight excluding hydrogens is 450 g/mol. The average molecular weight is 479 g/mol. The van der Waals surface area contributed by atoms with Crippen molar-refractivity contribution >= 4 is 12.1 Å². The van der Waals surface area contributed by atoms with Gasteiger partial charge in [0.1, 0.15) is 11.6 Å². The fourth-order valence-corrected chi connectivity index (χ4v) is 4.12. The van der Waals surface area contributed by atoms with Crippen LogP contribution in [0.3, 0.4) is 0 Å². The molecule has 1 saturated carbocycles. The first-order valence-electron chi connectivity index (χ1n) is 10.5. The minimum Gasteiger partial charge on any atom is -0.453 e. The number of alkyl halides is 3. The fourth-order valence-electron chi connectivity index (χ4n) is 4.12. The van der Waals surface area contributed by atoms with Gasteiger partial charge in [-0.05, 0) is 25.3 Å². The van der Waals surface area contributed by atoms with Gasteiger partial charge < -0.3 is 29.3 Å². The predicted octanol–water partition coefficient (Wildman–Crippen LogP) is 3.75. The Morgan fingerprint density at radius 2 is 1.94 bits per heavy atom. The van der Waals surface area contributed by atoms with Gasteiger partial charge in [0.2, 0.25) is 0 Å². The lowest BCUT2D eigenvalue weighted by molar-refractivity contribution is -0.274. The van der Waals surface area contributed by atoms with E-state index in [1.165, 1.54) is 7.11 Å². The van der Waals surface area contributed by atoms with Crippen LogP contribution in [0.5, 0.6) is 5.75 Å². The van der Waals surface area contributed by atoms with Crippen molar-refractivity contribution in [2.45, 2.75) is 44.3 Å². The van der Waals surface area contributed by atoms with Crippen molar-refractivity contribution in [1.82, 2.24) is 15.1 Å². The molecule has 1 saturated heterocycles. The van der Waals surface area contributed by atoms with E-state index in [-0.39, 0.29) is 31.5 Å². The Balaban J connectivity index is 0.00000408. The molecule has 12 heteroatoms. The number of nitrogens with zero attached hydrogens (tertiary/aromatic N) is 2. The number of benzene rings is 1. The van der Waals surface area contributed by atoms with E-state index in [0.29, 0.717) is 32.2 Å². The highest BCUT2D eigenvalue weighted by molar-refractivity contribution is 5.75. The number of halogens is 4. The zero-order valence-corrected chi connectivity index (χ0v) is 18.4. The molecule has 0 aromatic heterocycles. The standard InChI is InChI=1S/C21H27F4N3O5.H2/c1-31-12-13-7-16(11-27(10-13)20(30)32-2)28(15-4-5-15)19(29)26-9-14-3-6-17(8-18(14)22)33-21(23,24)25;/h3,6,8,13,15-16H,4-5,7,9-12H2,1-2H3,(H,26,29);1H/t13-,16+;/m0./s1. The van der Waals surface area contributed by atoms with E-state index >= 15 is 0 Å². The molecule has 0 radical (unpaired) electrons. The number of piperidine rings is 1. The molecule has 1 aliphatic heterocycles. The highest BCUT2D eigenvalue weighted by Gasteiger charge is 2.42. The molecule has 2 atom stereocenters. The largest absolute Gasteiger partial charge is 0.573 e. The van der Waals surface area contributed by atoms with Crippen LogP contribution in [0.25, 0.3) is 0 Å². The first-order valence-corrected chi connectivity index (χ1v) is 10.5. The Hall–Kier alpha value is -2.76. The Bertz CT molecular complexity index is 856. The number of carbonyl (C=O) groups is 2. The maximum atomic E-state index is 14.2. The van der Waals surface area contributed by atoms with E-state index in [0.717, 1.165) is 25.0 Å². The van der Waals surface area contributed by atoms with Gasteiger partial charge in [0.15, 0.2) is 0 Å². The average Bonchev–Trinajstić information content (AvgIpc) is 3.56. The summed E-state index contributed by atoms with van der Waals surface area (Å²) in [5.74, 6) is -1.59. The number of nitrogens with one attached hydrogen (secondary N) is 1. The number of methoxy groups -OCH3 is 2. The lowest BCUT2D eigenvalue weighted by Gasteiger charge is -2.42. The summed E-state index contributed by atoms with van der Waals surface area (Å²) >= 11 is 0. The van der Waals surface area contributed by atoms with Crippen molar-refractivity contribution in [3.05, 3.63) is 29.6 Å². The summed E-state index contributed by atoms with van der Waals surface area (Å²) in [6.45, 7) is 0.958. The second kappa shape index (κ2) is 10.4. The number of amides is 3. The third-order valence-corrected chi connectivity index (χ3v) is 5.61. The SMILES string of the molecule is COC[C@H]1C[C@@H](N(C(=O)NCc2ccc(OC(F)(F)F)cc2F)C2CC2)CN(C(=O)OC)C1.[HH]. The predicted molar refractivity (Wildman–Crippen MR) is 110 cm³/mol. The fraction of sp³-hybridized carbons (Fsp3) is 0.619. The number of carbonyl (C=O) groups excluding carboxylic acids is 2.